The van der Waals surface area contributed by atoms with Gasteiger partial charge in [-0.15, -0.1) is 0 Å². The molecule has 0 fully saturated rings. The molecule has 1 aliphatic rings. The largest absolute Gasteiger partial charge is 0.481 e. The molecule has 0 aromatic rings. The van der Waals surface area contributed by atoms with Gasteiger partial charge in [0.1, 0.15) is 0 Å². The predicted octanol–water partition coefficient (Wildman–Crippen LogP) is 0.728. The second-order valence-corrected chi connectivity index (χ2v) is 5.52. The minimum absolute atomic E-state index is 0. The number of aliphatic carboxylic acids is 4. The fourth-order valence-electron chi connectivity index (χ4n) is 1.10. The van der Waals surface area contributed by atoms with E-state index in [1.807, 2.05) is 0 Å². The molecular weight excluding hydrogens is 456 g/mol. The van der Waals surface area contributed by atoms with Gasteiger partial charge in [0.25, 0.3) is 23.9 Å². The van der Waals surface area contributed by atoms with E-state index < -0.39 is 23.9 Å². The summed E-state index contributed by atoms with van der Waals surface area (Å²) in [6, 6.07) is 0. The van der Waals surface area contributed by atoms with E-state index in [9.17, 15) is 0 Å². The molecule has 0 bridgehead atoms. The monoisotopic (exact) mass is 496 g/mol. The zero-order chi connectivity index (χ0) is 25.1. The predicted molar refractivity (Wildman–Crippen MR) is 115 cm³/mol. The van der Waals surface area contributed by atoms with Crippen LogP contribution in [0, 0.1) is 0 Å². The molecular formula is C18H40FeN4O8. The Balaban J connectivity index is -0.0000000645. The van der Waals surface area contributed by atoms with E-state index >= 15 is 0 Å². The Morgan fingerprint density at radius 2 is 1.10 bits per heavy atom. The minimum Gasteiger partial charge on any atom is -0.481 e. The molecule has 31 heavy (non-hydrogen) atoms. The molecule has 0 saturated carbocycles. The van der Waals surface area contributed by atoms with Crippen LogP contribution in [0.3, 0.4) is 0 Å². The number of hydrogen-bond donors (Lipinski definition) is 6. The zero-order valence-corrected chi connectivity index (χ0v) is 20.3. The number of carboxylic acid groups (broad SMARTS) is 4. The summed E-state index contributed by atoms with van der Waals surface area (Å²) >= 11 is 0. The van der Waals surface area contributed by atoms with Gasteiger partial charge in [0.05, 0.1) is 6.67 Å². The molecule has 8 N–H and O–H groups in total. The fraction of sp³-hybridized carbons (Fsp3) is 0.667. The van der Waals surface area contributed by atoms with Crippen LogP contribution in [0.5, 0.6) is 0 Å². The Morgan fingerprint density at radius 3 is 1.26 bits per heavy atom. The van der Waals surface area contributed by atoms with Crippen LogP contribution in [0.25, 0.3) is 0 Å². The van der Waals surface area contributed by atoms with Crippen LogP contribution in [0.4, 0.5) is 0 Å². The van der Waals surface area contributed by atoms with Crippen LogP contribution in [-0.2, 0) is 36.2 Å². The molecule has 0 amide bonds. The molecule has 0 aromatic heterocycles. The second-order valence-electron chi connectivity index (χ2n) is 5.52. The van der Waals surface area contributed by atoms with Gasteiger partial charge in [-0.2, -0.15) is 0 Å². The van der Waals surface area contributed by atoms with Crippen molar-refractivity contribution in [3.63, 3.8) is 0 Å². The van der Waals surface area contributed by atoms with Gasteiger partial charge in [-0.05, 0) is 6.42 Å². The third kappa shape index (κ3) is 134. The van der Waals surface area contributed by atoms with Crippen molar-refractivity contribution in [1.29, 1.82) is 0 Å². The van der Waals surface area contributed by atoms with Crippen molar-refractivity contribution in [3.8, 4) is 0 Å². The minimum atomic E-state index is -0.833. The van der Waals surface area contributed by atoms with Crippen LogP contribution >= 0.6 is 0 Å². The number of unbranched alkanes of at least 4 members (excludes halogenated alkanes) is 1. The summed E-state index contributed by atoms with van der Waals surface area (Å²) in [4.78, 5) is 40.5. The third-order valence-electron chi connectivity index (χ3n) is 1.90. The molecule has 0 aromatic carbocycles. The van der Waals surface area contributed by atoms with Gasteiger partial charge in [0, 0.05) is 83.8 Å². The van der Waals surface area contributed by atoms with Gasteiger partial charge in [-0.3, -0.25) is 19.2 Å². The van der Waals surface area contributed by atoms with Crippen LogP contribution in [0.15, 0.2) is 12.4 Å². The van der Waals surface area contributed by atoms with E-state index in [1.54, 1.807) is 0 Å². The first kappa shape index (κ1) is 42.7. The Morgan fingerprint density at radius 1 is 0.806 bits per heavy atom. The Hall–Kier alpha value is -2.34. The normalized spacial score (nSPS) is 9.68. The number of carboxylic acids is 4. The maximum atomic E-state index is 9.00. The molecule has 1 rings (SSSR count). The summed E-state index contributed by atoms with van der Waals surface area (Å²) < 4.78 is 0. The molecule has 0 radical (unpaired) electrons. The first-order valence-electron chi connectivity index (χ1n) is 8.98. The molecule has 0 aliphatic carbocycles. The standard InChI is InChI=1S/C8H16N2.C2H8N2.4C2H4O2.Fe/c1-3-4-5-10-7-6-9(2)8-10;3-1-2-4;4*1-2(3)4;/h6-7H,3-5,8H2,1-2H3;1-4H2;4*1H3,(H,3,4);. The maximum absolute atomic E-state index is 9.00. The van der Waals surface area contributed by atoms with Crippen molar-refractivity contribution in [2.45, 2.75) is 47.5 Å². The van der Waals surface area contributed by atoms with Crippen LogP contribution in [0.2, 0.25) is 0 Å². The summed E-state index contributed by atoms with van der Waals surface area (Å²) in [5.74, 6) is -3.33. The molecule has 188 valence electrons. The van der Waals surface area contributed by atoms with E-state index in [-0.39, 0.29) is 17.1 Å². The zero-order valence-electron chi connectivity index (χ0n) is 19.2. The summed E-state index contributed by atoms with van der Waals surface area (Å²) in [6.45, 7) is 10.0. The number of rotatable bonds is 4. The van der Waals surface area contributed by atoms with Gasteiger partial charge in [0.2, 0.25) is 0 Å². The van der Waals surface area contributed by atoms with E-state index in [0.29, 0.717) is 13.1 Å². The third-order valence-corrected chi connectivity index (χ3v) is 1.90. The summed E-state index contributed by atoms with van der Waals surface area (Å²) in [7, 11) is 2.10. The molecule has 13 heteroatoms. The summed E-state index contributed by atoms with van der Waals surface area (Å²) in [5, 5.41) is 29.7. The van der Waals surface area contributed by atoms with E-state index in [4.69, 9.17) is 51.1 Å². The first-order valence-corrected chi connectivity index (χ1v) is 8.98. The molecule has 0 atom stereocenters. The Kier molecular flexibility index (Phi) is 48.4. The second kappa shape index (κ2) is 35.1. The average molecular weight is 496 g/mol. The Labute approximate surface area is 195 Å². The average Bonchev–Trinajstić information content (AvgIpc) is 2.96. The molecule has 0 spiro atoms. The van der Waals surface area contributed by atoms with Crippen molar-refractivity contribution < 1.29 is 56.7 Å². The van der Waals surface area contributed by atoms with E-state index in [0.717, 1.165) is 34.4 Å². The number of hydrogen-bond acceptors (Lipinski definition) is 8. The van der Waals surface area contributed by atoms with Crippen LogP contribution in [-0.4, -0.2) is 87.5 Å². The SMILES string of the molecule is CC(=O)O.CC(=O)O.CC(=O)O.CC(=O)O.CCCCN1C=CN(C)C1.NCCN.[Fe]. The Bertz CT molecular complexity index is 400. The first-order chi connectivity index (χ1) is 13.7. The number of carbonyl (C=O) groups is 4. The quantitative estimate of drug-likeness (QED) is 0.298. The maximum Gasteiger partial charge on any atom is 0.300 e. The molecule has 0 saturated heterocycles. The van der Waals surface area contributed by atoms with Gasteiger partial charge in [-0.25, -0.2) is 0 Å². The fourth-order valence-corrected chi connectivity index (χ4v) is 1.10. The number of nitrogens with zero attached hydrogens (tertiary/aromatic N) is 2. The molecule has 12 nitrogen and oxygen atoms in total. The summed E-state index contributed by atoms with van der Waals surface area (Å²) in [6.07, 6.45) is 6.87. The van der Waals surface area contributed by atoms with Crippen molar-refractivity contribution in [3.05, 3.63) is 12.4 Å². The van der Waals surface area contributed by atoms with Crippen LogP contribution in [0.1, 0.15) is 47.5 Å². The molecule has 1 aliphatic heterocycles. The van der Waals surface area contributed by atoms with Crippen molar-refractivity contribution >= 4 is 23.9 Å². The van der Waals surface area contributed by atoms with Crippen molar-refractivity contribution in [2.24, 2.45) is 11.5 Å². The van der Waals surface area contributed by atoms with E-state index in [1.165, 1.54) is 19.4 Å². The smallest absolute Gasteiger partial charge is 0.300 e. The van der Waals surface area contributed by atoms with E-state index in [2.05, 4.69) is 36.2 Å². The van der Waals surface area contributed by atoms with Crippen molar-refractivity contribution in [2.75, 3.05) is 33.4 Å². The van der Waals surface area contributed by atoms with Crippen molar-refractivity contribution in [1.82, 2.24) is 9.80 Å². The molecule has 1 heterocycles. The van der Waals surface area contributed by atoms with Crippen LogP contribution < -0.4 is 11.5 Å². The van der Waals surface area contributed by atoms with Gasteiger partial charge >= 0.3 is 0 Å². The van der Waals surface area contributed by atoms with Gasteiger partial charge in [0.15, 0.2) is 0 Å². The van der Waals surface area contributed by atoms with Gasteiger partial charge < -0.3 is 41.7 Å². The number of nitrogens with two attached hydrogens (primary N) is 2. The topological polar surface area (TPSA) is 208 Å². The van der Waals surface area contributed by atoms with Gasteiger partial charge in [-0.1, -0.05) is 13.3 Å². The summed E-state index contributed by atoms with van der Waals surface area (Å²) in [5.41, 5.74) is 9.81. The molecule has 0 unspecified atom stereocenters.